The van der Waals surface area contributed by atoms with E-state index in [0.29, 0.717) is 44.5 Å². The number of likely N-dealkylation sites (tertiary alicyclic amines) is 1. The number of benzene rings is 1. The standard InChI is InChI=1S/C27H32N4O5/c1-35-22-7-2-5-19(15-22)16-24(32)30-12-9-20(10-13-30)27(21-6-3-11-28-17-21)25(33)31(26(34)29-27)18-23-8-4-14-36-23/h2-3,5-7,11,15,17,20,23H,4,8-10,12-14,16,18H2,1H3,(H,29,34). The summed E-state index contributed by atoms with van der Waals surface area (Å²) < 4.78 is 11.0. The van der Waals surface area contributed by atoms with E-state index in [0.717, 1.165) is 24.2 Å². The van der Waals surface area contributed by atoms with Crippen LogP contribution in [0.15, 0.2) is 48.8 Å². The van der Waals surface area contributed by atoms with E-state index in [-0.39, 0.29) is 30.4 Å². The highest BCUT2D eigenvalue weighted by atomic mass is 16.5. The Morgan fingerprint density at radius 3 is 2.72 bits per heavy atom. The normalized spacial score (nSPS) is 24.8. The Kier molecular flexibility index (Phi) is 6.91. The van der Waals surface area contributed by atoms with Crippen molar-refractivity contribution in [3.05, 3.63) is 59.9 Å². The second-order valence-electron chi connectivity index (χ2n) is 9.71. The monoisotopic (exact) mass is 492 g/mol. The van der Waals surface area contributed by atoms with E-state index in [1.807, 2.05) is 35.2 Å². The molecule has 9 nitrogen and oxygen atoms in total. The van der Waals surface area contributed by atoms with Crippen molar-refractivity contribution in [2.24, 2.45) is 5.92 Å². The number of amides is 4. The summed E-state index contributed by atoms with van der Waals surface area (Å²) in [5, 5.41) is 3.05. The van der Waals surface area contributed by atoms with Crippen molar-refractivity contribution in [2.75, 3.05) is 33.4 Å². The summed E-state index contributed by atoms with van der Waals surface area (Å²) >= 11 is 0. The molecule has 0 spiro atoms. The van der Waals surface area contributed by atoms with Crippen LogP contribution in [-0.4, -0.2) is 72.1 Å². The Balaban J connectivity index is 1.32. The van der Waals surface area contributed by atoms with Crippen LogP contribution in [0.4, 0.5) is 4.79 Å². The van der Waals surface area contributed by atoms with Gasteiger partial charge < -0.3 is 19.7 Å². The largest absolute Gasteiger partial charge is 0.497 e. The lowest BCUT2D eigenvalue weighted by Gasteiger charge is -2.41. The first-order chi connectivity index (χ1) is 17.5. The third-order valence-electron chi connectivity index (χ3n) is 7.61. The fourth-order valence-electron chi connectivity index (χ4n) is 5.69. The van der Waals surface area contributed by atoms with E-state index in [1.165, 1.54) is 4.90 Å². The summed E-state index contributed by atoms with van der Waals surface area (Å²) in [6, 6.07) is 10.8. The molecule has 2 aromatic rings. The minimum Gasteiger partial charge on any atom is -0.497 e. The molecule has 3 fully saturated rings. The number of urea groups is 1. The molecule has 1 aromatic heterocycles. The van der Waals surface area contributed by atoms with E-state index in [4.69, 9.17) is 9.47 Å². The maximum atomic E-state index is 13.9. The van der Waals surface area contributed by atoms with Crippen LogP contribution in [0.2, 0.25) is 0 Å². The molecule has 1 aromatic carbocycles. The number of carbonyl (C=O) groups is 3. The van der Waals surface area contributed by atoms with Crippen LogP contribution in [0, 0.1) is 5.92 Å². The lowest BCUT2D eigenvalue weighted by Crippen LogP contribution is -2.54. The summed E-state index contributed by atoms with van der Waals surface area (Å²) in [5.41, 5.74) is 0.391. The van der Waals surface area contributed by atoms with Gasteiger partial charge in [0.05, 0.1) is 26.2 Å². The number of carbonyl (C=O) groups excluding carboxylic acids is 3. The quantitative estimate of drug-likeness (QED) is 0.596. The third kappa shape index (κ3) is 4.55. The van der Waals surface area contributed by atoms with Crippen LogP contribution >= 0.6 is 0 Å². The van der Waals surface area contributed by atoms with Crippen molar-refractivity contribution < 1.29 is 23.9 Å². The molecule has 4 heterocycles. The number of pyridine rings is 1. The molecule has 1 N–H and O–H groups in total. The average molecular weight is 493 g/mol. The molecule has 9 heteroatoms. The van der Waals surface area contributed by atoms with Gasteiger partial charge in [0.2, 0.25) is 5.91 Å². The number of rotatable bonds is 7. The second-order valence-corrected chi connectivity index (χ2v) is 9.71. The zero-order valence-electron chi connectivity index (χ0n) is 20.5. The molecule has 3 aliphatic heterocycles. The number of methoxy groups -OCH3 is 1. The Morgan fingerprint density at radius 2 is 2.03 bits per heavy atom. The van der Waals surface area contributed by atoms with E-state index in [2.05, 4.69) is 10.3 Å². The molecule has 4 amide bonds. The first-order valence-corrected chi connectivity index (χ1v) is 12.6. The van der Waals surface area contributed by atoms with Gasteiger partial charge in [0.25, 0.3) is 5.91 Å². The molecule has 2 atom stereocenters. The van der Waals surface area contributed by atoms with Gasteiger partial charge in [-0.3, -0.25) is 19.5 Å². The number of piperidine rings is 1. The molecule has 3 aliphatic rings. The highest BCUT2D eigenvalue weighted by Gasteiger charge is 2.57. The molecule has 5 rings (SSSR count). The van der Waals surface area contributed by atoms with E-state index < -0.39 is 11.6 Å². The average Bonchev–Trinajstić information content (AvgIpc) is 3.52. The lowest BCUT2D eigenvalue weighted by atomic mass is 9.73. The van der Waals surface area contributed by atoms with Crippen molar-refractivity contribution in [1.29, 1.82) is 0 Å². The minimum absolute atomic E-state index is 0.0407. The van der Waals surface area contributed by atoms with Crippen LogP contribution in [0.25, 0.3) is 0 Å². The van der Waals surface area contributed by atoms with Gasteiger partial charge in [-0.05, 0) is 55.4 Å². The number of hydrogen-bond acceptors (Lipinski definition) is 6. The molecule has 3 saturated heterocycles. The van der Waals surface area contributed by atoms with Gasteiger partial charge in [0.1, 0.15) is 5.75 Å². The zero-order valence-corrected chi connectivity index (χ0v) is 20.5. The summed E-state index contributed by atoms with van der Waals surface area (Å²) in [7, 11) is 1.61. The topological polar surface area (TPSA) is 101 Å². The van der Waals surface area contributed by atoms with Gasteiger partial charge in [-0.1, -0.05) is 18.2 Å². The van der Waals surface area contributed by atoms with Gasteiger partial charge in [-0.25, -0.2) is 4.79 Å². The smallest absolute Gasteiger partial charge is 0.325 e. The van der Waals surface area contributed by atoms with Gasteiger partial charge >= 0.3 is 6.03 Å². The second kappa shape index (κ2) is 10.3. The highest BCUT2D eigenvalue weighted by Crippen LogP contribution is 2.41. The van der Waals surface area contributed by atoms with E-state index in [1.54, 1.807) is 25.6 Å². The number of nitrogens with one attached hydrogen (secondary N) is 1. The van der Waals surface area contributed by atoms with Crippen molar-refractivity contribution in [2.45, 2.75) is 43.7 Å². The molecular weight excluding hydrogens is 460 g/mol. The molecule has 0 bridgehead atoms. The minimum atomic E-state index is -1.19. The molecule has 190 valence electrons. The molecule has 0 saturated carbocycles. The van der Waals surface area contributed by atoms with Crippen LogP contribution in [-0.2, 0) is 26.3 Å². The number of imide groups is 1. The Hall–Kier alpha value is -3.46. The predicted molar refractivity (Wildman–Crippen MR) is 131 cm³/mol. The van der Waals surface area contributed by atoms with Gasteiger partial charge in [0, 0.05) is 37.7 Å². The van der Waals surface area contributed by atoms with Crippen LogP contribution in [0.3, 0.4) is 0 Å². The number of aromatic nitrogens is 1. The van der Waals surface area contributed by atoms with Crippen LogP contribution in [0.5, 0.6) is 5.75 Å². The Bertz CT molecular complexity index is 1110. The van der Waals surface area contributed by atoms with Crippen molar-refractivity contribution in [3.63, 3.8) is 0 Å². The zero-order chi connectivity index (χ0) is 25.1. The summed E-state index contributed by atoms with van der Waals surface area (Å²) in [6.45, 7) is 1.95. The summed E-state index contributed by atoms with van der Waals surface area (Å²) in [5.74, 6) is 0.352. The predicted octanol–water partition coefficient (Wildman–Crippen LogP) is 2.50. The van der Waals surface area contributed by atoms with Crippen LogP contribution in [0.1, 0.15) is 36.8 Å². The molecule has 0 aliphatic carbocycles. The molecule has 2 unspecified atom stereocenters. The highest BCUT2D eigenvalue weighted by molar-refractivity contribution is 6.07. The molecule has 0 radical (unpaired) electrons. The molecular formula is C27H32N4O5. The van der Waals surface area contributed by atoms with Gasteiger partial charge in [-0.2, -0.15) is 0 Å². The molecule has 36 heavy (non-hydrogen) atoms. The number of hydrogen-bond donors (Lipinski definition) is 1. The third-order valence-corrected chi connectivity index (χ3v) is 7.61. The van der Waals surface area contributed by atoms with Crippen LogP contribution < -0.4 is 10.1 Å². The fourth-order valence-corrected chi connectivity index (χ4v) is 5.69. The van der Waals surface area contributed by atoms with Crippen molar-refractivity contribution >= 4 is 17.8 Å². The fraction of sp³-hybridized carbons (Fsp3) is 0.481. The van der Waals surface area contributed by atoms with E-state index in [9.17, 15) is 14.4 Å². The van der Waals surface area contributed by atoms with Gasteiger partial charge in [-0.15, -0.1) is 0 Å². The first-order valence-electron chi connectivity index (χ1n) is 12.6. The first kappa shape index (κ1) is 24.2. The SMILES string of the molecule is COc1cccc(CC(=O)N2CCC(C3(c4cccnc4)NC(=O)N(CC4CCCO4)C3=O)CC2)c1. The number of ether oxygens (including phenoxy) is 2. The summed E-state index contributed by atoms with van der Waals surface area (Å²) in [6.07, 6.45) is 6.45. The Morgan fingerprint density at radius 1 is 1.19 bits per heavy atom. The lowest BCUT2D eigenvalue weighted by molar-refractivity contribution is -0.137. The number of nitrogens with zero attached hydrogens (tertiary/aromatic N) is 3. The summed E-state index contributed by atoms with van der Waals surface area (Å²) in [4.78, 5) is 47.4. The van der Waals surface area contributed by atoms with Crippen molar-refractivity contribution in [1.82, 2.24) is 20.1 Å². The van der Waals surface area contributed by atoms with Crippen molar-refractivity contribution in [3.8, 4) is 5.75 Å². The Labute approximate surface area is 210 Å². The maximum absolute atomic E-state index is 13.9. The van der Waals surface area contributed by atoms with Gasteiger partial charge in [0.15, 0.2) is 5.54 Å². The maximum Gasteiger partial charge on any atom is 0.325 e. The van der Waals surface area contributed by atoms with E-state index >= 15 is 0 Å².